The first-order valence-electron chi connectivity index (χ1n) is 4.49. The Morgan fingerprint density at radius 1 is 1.18 bits per heavy atom. The maximum Gasteiger partial charge on any atom is 0.0462 e. The molecule has 68 valence electrons. The molecule has 0 aliphatic rings. The van der Waals surface area contributed by atoms with E-state index in [-0.39, 0.29) is 0 Å². The van der Waals surface area contributed by atoms with Crippen LogP contribution in [0.5, 0.6) is 0 Å². The number of ether oxygens (including phenoxy) is 1. The molecule has 0 bridgehead atoms. The fraction of sp³-hybridized carbons (Fsp3) is 1.00. The van der Waals surface area contributed by atoms with Crippen molar-refractivity contribution in [3.05, 3.63) is 0 Å². The van der Waals surface area contributed by atoms with Crippen molar-refractivity contribution in [3.63, 3.8) is 0 Å². The number of methoxy groups -OCH3 is 1. The lowest BCUT2D eigenvalue weighted by atomic mass is 10.2. The molecule has 0 aliphatic carbocycles. The molecule has 11 heavy (non-hydrogen) atoms. The zero-order chi connectivity index (χ0) is 8.53. The summed E-state index contributed by atoms with van der Waals surface area (Å²) in [4.78, 5) is 0. The topological polar surface area (TPSA) is 21.3 Å². The van der Waals surface area contributed by atoms with E-state index in [1.807, 2.05) is 0 Å². The molecule has 2 heteroatoms. The van der Waals surface area contributed by atoms with E-state index in [1.165, 1.54) is 19.3 Å². The third kappa shape index (κ3) is 9.92. The van der Waals surface area contributed by atoms with Gasteiger partial charge in [-0.25, -0.2) is 0 Å². The molecule has 0 heterocycles. The molecule has 0 amide bonds. The van der Waals surface area contributed by atoms with Gasteiger partial charge in [-0.2, -0.15) is 0 Å². The highest BCUT2D eigenvalue weighted by atomic mass is 16.5. The van der Waals surface area contributed by atoms with Gasteiger partial charge in [-0.15, -0.1) is 0 Å². The van der Waals surface area contributed by atoms with Gasteiger partial charge in [0.05, 0.1) is 0 Å². The Morgan fingerprint density at radius 3 is 2.45 bits per heavy atom. The monoisotopic (exact) mass is 159 g/mol. The molecule has 0 aromatic rings. The molecule has 1 N–H and O–H groups in total. The molecular weight excluding hydrogens is 138 g/mol. The van der Waals surface area contributed by atoms with Gasteiger partial charge in [0.1, 0.15) is 0 Å². The van der Waals surface area contributed by atoms with Crippen molar-refractivity contribution in [2.24, 2.45) is 0 Å². The predicted octanol–water partition coefficient (Wildman–Crippen LogP) is 1.80. The lowest BCUT2D eigenvalue weighted by Crippen LogP contribution is -2.23. The van der Waals surface area contributed by atoms with Crippen LogP contribution in [0.3, 0.4) is 0 Å². The van der Waals surface area contributed by atoms with Gasteiger partial charge in [0, 0.05) is 19.8 Å². The largest absolute Gasteiger partial charge is 0.385 e. The average Bonchev–Trinajstić information content (AvgIpc) is 1.96. The van der Waals surface area contributed by atoms with Crippen LogP contribution in [0.2, 0.25) is 0 Å². The van der Waals surface area contributed by atoms with E-state index in [0.717, 1.165) is 13.2 Å². The van der Waals surface area contributed by atoms with Crippen LogP contribution in [0.25, 0.3) is 0 Å². The zero-order valence-corrected chi connectivity index (χ0v) is 8.02. The number of rotatable bonds is 7. The van der Waals surface area contributed by atoms with Gasteiger partial charge in [-0.1, -0.05) is 13.8 Å². The van der Waals surface area contributed by atoms with Gasteiger partial charge in [-0.05, 0) is 25.8 Å². The summed E-state index contributed by atoms with van der Waals surface area (Å²) in [5.74, 6) is 0. The second-order valence-electron chi connectivity index (χ2n) is 3.16. The van der Waals surface area contributed by atoms with Crippen LogP contribution in [0.15, 0.2) is 0 Å². The van der Waals surface area contributed by atoms with Crippen LogP contribution in [-0.4, -0.2) is 26.3 Å². The summed E-state index contributed by atoms with van der Waals surface area (Å²) >= 11 is 0. The summed E-state index contributed by atoms with van der Waals surface area (Å²) in [6.07, 6.45) is 3.73. The molecule has 0 rings (SSSR count). The molecule has 0 radical (unpaired) electrons. The average molecular weight is 159 g/mol. The van der Waals surface area contributed by atoms with Crippen molar-refractivity contribution in [1.29, 1.82) is 0 Å². The first-order valence-corrected chi connectivity index (χ1v) is 4.49. The number of nitrogens with one attached hydrogen (secondary N) is 1. The van der Waals surface area contributed by atoms with E-state index >= 15 is 0 Å². The number of hydrogen-bond donors (Lipinski definition) is 1. The predicted molar refractivity (Wildman–Crippen MR) is 48.9 cm³/mol. The summed E-state index contributed by atoms with van der Waals surface area (Å²) in [7, 11) is 1.76. The smallest absolute Gasteiger partial charge is 0.0462 e. The van der Waals surface area contributed by atoms with Crippen LogP contribution < -0.4 is 5.32 Å². The van der Waals surface area contributed by atoms with E-state index in [9.17, 15) is 0 Å². The van der Waals surface area contributed by atoms with Crippen molar-refractivity contribution in [3.8, 4) is 0 Å². The first-order chi connectivity index (χ1) is 5.27. The van der Waals surface area contributed by atoms with Gasteiger partial charge >= 0.3 is 0 Å². The molecule has 2 nitrogen and oxygen atoms in total. The van der Waals surface area contributed by atoms with Crippen LogP contribution in [0.4, 0.5) is 0 Å². The Kier molecular flexibility index (Phi) is 7.96. The summed E-state index contributed by atoms with van der Waals surface area (Å²) in [5.41, 5.74) is 0. The summed E-state index contributed by atoms with van der Waals surface area (Å²) in [6.45, 7) is 6.40. The zero-order valence-electron chi connectivity index (χ0n) is 8.02. The number of unbranched alkanes of at least 4 members (excludes halogenated alkanes) is 2. The minimum Gasteiger partial charge on any atom is -0.385 e. The number of hydrogen-bond acceptors (Lipinski definition) is 2. The Balaban J connectivity index is 2.80. The summed E-state index contributed by atoms with van der Waals surface area (Å²) < 4.78 is 4.95. The van der Waals surface area contributed by atoms with E-state index in [4.69, 9.17) is 4.74 Å². The fourth-order valence-corrected chi connectivity index (χ4v) is 0.939. The Morgan fingerprint density at radius 2 is 1.91 bits per heavy atom. The van der Waals surface area contributed by atoms with Crippen LogP contribution in [0, 0.1) is 0 Å². The lowest BCUT2D eigenvalue weighted by Gasteiger charge is -2.06. The van der Waals surface area contributed by atoms with E-state index < -0.39 is 0 Å². The Labute approximate surface area is 70.3 Å². The normalized spacial score (nSPS) is 10.9. The molecule has 0 aromatic carbocycles. The highest BCUT2D eigenvalue weighted by Crippen LogP contribution is 1.94. The summed E-state index contributed by atoms with van der Waals surface area (Å²) in [6, 6.07) is 0.623. The second kappa shape index (κ2) is 8.02. The molecule has 0 saturated heterocycles. The SMILES string of the molecule is COCCCCCNC(C)C. The highest BCUT2D eigenvalue weighted by molar-refractivity contribution is 4.52. The molecule has 0 unspecified atom stereocenters. The molecule has 0 aromatic heterocycles. The maximum atomic E-state index is 4.95. The van der Waals surface area contributed by atoms with Crippen molar-refractivity contribution < 1.29 is 4.74 Å². The van der Waals surface area contributed by atoms with E-state index in [0.29, 0.717) is 6.04 Å². The second-order valence-corrected chi connectivity index (χ2v) is 3.16. The van der Waals surface area contributed by atoms with Crippen LogP contribution in [0.1, 0.15) is 33.1 Å². The minimum atomic E-state index is 0.623. The third-order valence-electron chi connectivity index (χ3n) is 1.58. The van der Waals surface area contributed by atoms with Crippen molar-refractivity contribution in [2.45, 2.75) is 39.2 Å². The van der Waals surface area contributed by atoms with Gasteiger partial charge in [0.25, 0.3) is 0 Å². The van der Waals surface area contributed by atoms with Crippen LogP contribution in [-0.2, 0) is 4.74 Å². The van der Waals surface area contributed by atoms with Crippen molar-refractivity contribution >= 4 is 0 Å². The van der Waals surface area contributed by atoms with E-state index in [1.54, 1.807) is 7.11 Å². The molecule has 0 fully saturated rings. The lowest BCUT2D eigenvalue weighted by molar-refractivity contribution is 0.192. The molecule has 0 atom stereocenters. The van der Waals surface area contributed by atoms with Crippen molar-refractivity contribution in [2.75, 3.05) is 20.3 Å². The first kappa shape index (κ1) is 10.9. The van der Waals surface area contributed by atoms with Gasteiger partial charge in [0.2, 0.25) is 0 Å². The molecule has 0 aliphatic heterocycles. The Hall–Kier alpha value is -0.0800. The highest BCUT2D eigenvalue weighted by Gasteiger charge is 1.91. The standard InChI is InChI=1S/C9H21NO/c1-9(2)10-7-5-4-6-8-11-3/h9-10H,4-8H2,1-3H3. The quantitative estimate of drug-likeness (QED) is 0.572. The Bertz CT molecular complexity index is 74.0. The third-order valence-corrected chi connectivity index (χ3v) is 1.58. The molecule has 0 saturated carbocycles. The minimum absolute atomic E-state index is 0.623. The van der Waals surface area contributed by atoms with Gasteiger partial charge in [-0.3, -0.25) is 0 Å². The fourth-order valence-electron chi connectivity index (χ4n) is 0.939. The molecule has 0 spiro atoms. The molecular formula is C9H21NO. The van der Waals surface area contributed by atoms with Gasteiger partial charge < -0.3 is 10.1 Å². The van der Waals surface area contributed by atoms with E-state index in [2.05, 4.69) is 19.2 Å². The van der Waals surface area contributed by atoms with Crippen LogP contribution >= 0.6 is 0 Å². The summed E-state index contributed by atoms with van der Waals surface area (Å²) in [5, 5.41) is 3.38. The maximum absolute atomic E-state index is 4.95. The van der Waals surface area contributed by atoms with Gasteiger partial charge in [0.15, 0.2) is 0 Å². The van der Waals surface area contributed by atoms with Crippen molar-refractivity contribution in [1.82, 2.24) is 5.32 Å².